The van der Waals surface area contributed by atoms with Gasteiger partial charge in [-0.2, -0.15) is 13.2 Å². The molecule has 3 saturated heterocycles. The van der Waals surface area contributed by atoms with E-state index in [0.29, 0.717) is 36.4 Å². The van der Waals surface area contributed by atoms with Gasteiger partial charge >= 0.3 is 5.51 Å². The first-order chi connectivity index (χ1) is 48.4. The minimum absolute atomic E-state index is 0.0175. The largest absolute Gasteiger partial charge is 0.501 e. The summed E-state index contributed by atoms with van der Waals surface area (Å²) in [5.74, 6) is -1.21. The highest BCUT2D eigenvalue weighted by molar-refractivity contribution is 7.99. The Hall–Kier alpha value is -6.39. The molecule has 5 aromatic carbocycles. The lowest BCUT2D eigenvalue weighted by molar-refractivity contribution is -0.142. The van der Waals surface area contributed by atoms with Gasteiger partial charge in [0.2, 0.25) is 11.8 Å². The number of carbonyl (C=O) groups is 3. The Bertz CT molecular complexity index is 4090. The normalized spacial score (nSPS) is 19.2. The number of aliphatic hydroxyl groups excluding tert-OH is 1. The smallest absolute Gasteiger partial charge is 0.391 e. The summed E-state index contributed by atoms with van der Waals surface area (Å²) in [5, 5.41) is 21.2. The van der Waals surface area contributed by atoms with E-state index in [0.717, 1.165) is 155 Å². The molecule has 18 nitrogen and oxygen atoms in total. The molecule has 3 amide bonds. The first kappa shape index (κ1) is 78.2. The lowest BCUT2D eigenvalue weighted by Gasteiger charge is -2.39. The first-order valence-corrected chi connectivity index (χ1v) is 40.6. The average Bonchev–Trinajstić information content (AvgIpc) is 0.866. The summed E-state index contributed by atoms with van der Waals surface area (Å²) in [4.78, 5) is 56.9. The summed E-state index contributed by atoms with van der Waals surface area (Å²) < 4.78 is 100. The summed E-state index contributed by atoms with van der Waals surface area (Å²) in [6.45, 7) is 23.6. The molecule has 1 aliphatic carbocycles. The van der Waals surface area contributed by atoms with Crippen LogP contribution >= 0.6 is 34.7 Å². The van der Waals surface area contributed by atoms with Crippen LogP contribution < -0.4 is 25.6 Å². The molecule has 0 spiro atoms. The van der Waals surface area contributed by atoms with E-state index >= 15 is 0 Å². The van der Waals surface area contributed by atoms with Gasteiger partial charge in [-0.05, 0) is 165 Å². The number of unbranched alkanes of at least 4 members (excludes halogenated alkanes) is 3. The molecule has 2 unspecified atom stereocenters. The molecule has 5 atom stereocenters. The number of carbonyl (C=O) groups excluding carboxylic acids is 3. The minimum atomic E-state index is -6.13. The maximum absolute atomic E-state index is 14.6. The summed E-state index contributed by atoms with van der Waals surface area (Å²) >= 11 is 9.26. The van der Waals surface area contributed by atoms with Crippen LogP contribution in [-0.2, 0) is 29.4 Å². The summed E-state index contributed by atoms with van der Waals surface area (Å²) in [5.41, 5.74) is 3.13. The Kier molecular flexibility index (Phi) is 26.3. The second kappa shape index (κ2) is 34.2. The molecule has 10 rings (SSSR count). The number of aromatic nitrogens is 1. The van der Waals surface area contributed by atoms with Gasteiger partial charge in [-0.15, -0.1) is 23.1 Å². The van der Waals surface area contributed by atoms with Crippen LogP contribution in [0.15, 0.2) is 147 Å². The third kappa shape index (κ3) is 20.6. The van der Waals surface area contributed by atoms with Crippen molar-refractivity contribution in [2.75, 3.05) is 101 Å². The molecule has 5 N–H and O–H groups in total. The molecule has 1 aromatic heterocycles. The van der Waals surface area contributed by atoms with Crippen LogP contribution in [0.4, 0.5) is 24.5 Å². The molecule has 0 radical (unpaired) electrons. The van der Waals surface area contributed by atoms with Gasteiger partial charge in [0, 0.05) is 111 Å². The number of halogens is 4. The van der Waals surface area contributed by atoms with Crippen LogP contribution in [0.5, 0.6) is 0 Å². The van der Waals surface area contributed by atoms with Crippen LogP contribution in [0, 0.1) is 17.8 Å². The molecule has 4 heterocycles. The van der Waals surface area contributed by atoms with E-state index in [1.807, 2.05) is 112 Å². The Morgan fingerprint density at radius 3 is 2.09 bits per heavy atom. The number of nitrogens with one attached hydrogen (secondary N) is 4. The topological polar surface area (TPSA) is 217 Å². The summed E-state index contributed by atoms with van der Waals surface area (Å²) in [6.07, 6.45) is 6.58. The van der Waals surface area contributed by atoms with E-state index in [1.165, 1.54) is 45.5 Å². The van der Waals surface area contributed by atoms with Gasteiger partial charge in [0.15, 0.2) is 0 Å². The van der Waals surface area contributed by atoms with Gasteiger partial charge < -0.3 is 40.7 Å². The number of aliphatic hydroxyl groups is 1. The Balaban J connectivity index is 0.686. The van der Waals surface area contributed by atoms with Gasteiger partial charge in [-0.3, -0.25) is 19.3 Å². The lowest BCUT2D eigenvalue weighted by Crippen LogP contribution is -2.56. The Morgan fingerprint density at radius 2 is 1.44 bits per heavy atom. The SMILES string of the molecule is Cc1ncsc1-c1ccc([C@H](C)NC(=O)[C@@H]2C[C@@H](O)CN2C(=O)C(NCCCCCCN2CCN(CCC(CSc3ccccc3)Nc3ccc(S(=O)(=O)NC(=O)c4ccc(N5CCN(CC6=C(c7ccc(Cl)cc7)CCC(C)(C)C6)CC5)cc4)cc3S(=O)(=O)C(F)(F)F)CC2)C(C)(C)C)cc1. The van der Waals surface area contributed by atoms with Gasteiger partial charge in [0.1, 0.15) is 10.9 Å². The minimum Gasteiger partial charge on any atom is -0.391 e. The number of thioether (sulfide) groups is 1. The number of alkyl halides is 3. The highest BCUT2D eigenvalue weighted by Crippen LogP contribution is 2.44. The fourth-order valence-electron chi connectivity index (χ4n) is 14.1. The predicted molar refractivity (Wildman–Crippen MR) is 402 cm³/mol. The number of hydrogen-bond acceptors (Lipinski definition) is 17. The van der Waals surface area contributed by atoms with Crippen molar-refractivity contribution in [3.8, 4) is 10.4 Å². The van der Waals surface area contributed by atoms with Crippen LogP contribution in [0.1, 0.15) is 133 Å². The number of benzene rings is 5. The van der Waals surface area contributed by atoms with Crippen LogP contribution in [0.2, 0.25) is 5.02 Å². The number of anilines is 2. The number of allylic oxidation sites excluding steroid dienone is 1. The number of amides is 3. The molecule has 3 aliphatic heterocycles. The van der Waals surface area contributed by atoms with Crippen molar-refractivity contribution < 1.29 is 49.5 Å². The van der Waals surface area contributed by atoms with Crippen molar-refractivity contribution in [3.63, 3.8) is 0 Å². The zero-order valence-corrected chi connectivity index (χ0v) is 63.4. The van der Waals surface area contributed by atoms with Crippen molar-refractivity contribution in [2.24, 2.45) is 10.8 Å². The molecule has 3 fully saturated rings. The second-order valence-corrected chi connectivity index (χ2v) is 35.4. The zero-order chi connectivity index (χ0) is 73.2. The van der Waals surface area contributed by atoms with E-state index in [9.17, 15) is 49.5 Å². The number of β-amino-alcohol motifs (C(OH)–C–C–N with tert-alkyl or cyclic N) is 1. The van der Waals surface area contributed by atoms with Crippen LogP contribution in [0.25, 0.3) is 16.0 Å². The van der Waals surface area contributed by atoms with E-state index in [4.69, 9.17) is 11.6 Å². The van der Waals surface area contributed by atoms with Crippen molar-refractivity contribution in [1.29, 1.82) is 0 Å². The molecule has 6 aromatic rings. The fraction of sp³-hybridized carbons (Fsp3) is 0.500. The number of aryl methyl sites for hydroxylation is 1. The van der Waals surface area contributed by atoms with E-state index in [-0.39, 0.29) is 41.8 Å². The number of nitrogens with zero attached hydrogens (tertiary/aromatic N) is 6. The number of rotatable bonds is 29. The molecule has 102 heavy (non-hydrogen) atoms. The molecular weight excluding hydrogens is 1400 g/mol. The summed E-state index contributed by atoms with van der Waals surface area (Å²) in [6, 6.07) is 32.1. The average molecular weight is 1500 g/mol. The number of hydrogen-bond donors (Lipinski definition) is 5. The Morgan fingerprint density at radius 1 is 0.794 bits per heavy atom. The number of sulfonamides is 1. The van der Waals surface area contributed by atoms with Crippen molar-refractivity contribution >= 4 is 89.2 Å². The maximum Gasteiger partial charge on any atom is 0.501 e. The van der Waals surface area contributed by atoms with Gasteiger partial charge in [0.05, 0.1) is 44.9 Å². The zero-order valence-electron chi connectivity index (χ0n) is 59.4. The quantitative estimate of drug-likeness (QED) is 0.0218. The number of likely N-dealkylation sites (tertiary alicyclic amines) is 1. The van der Waals surface area contributed by atoms with Crippen molar-refractivity contribution in [1.82, 2.24) is 39.9 Å². The van der Waals surface area contributed by atoms with E-state index < -0.39 is 76.4 Å². The number of thiazole rings is 1. The monoisotopic (exact) mass is 1500 g/mol. The highest BCUT2D eigenvalue weighted by atomic mass is 35.5. The number of sulfone groups is 1. The van der Waals surface area contributed by atoms with Gasteiger partial charge in [-0.25, -0.2) is 26.5 Å². The molecule has 26 heteroatoms. The van der Waals surface area contributed by atoms with Crippen LogP contribution in [-0.4, -0.2) is 185 Å². The third-order valence-corrected chi connectivity index (χ3v) is 25.3. The van der Waals surface area contributed by atoms with Crippen molar-refractivity contribution in [3.05, 3.63) is 160 Å². The number of piperazine rings is 2. The van der Waals surface area contributed by atoms with E-state index in [1.54, 1.807) is 23.5 Å². The van der Waals surface area contributed by atoms with Gasteiger partial charge in [-0.1, -0.05) is 119 Å². The second-order valence-electron chi connectivity index (χ2n) is 29.4. The maximum atomic E-state index is 14.6. The summed E-state index contributed by atoms with van der Waals surface area (Å²) in [7, 11) is -11.0. The molecule has 552 valence electrons. The van der Waals surface area contributed by atoms with Crippen LogP contribution in [0.3, 0.4) is 0 Å². The molecule has 4 aliphatic rings. The van der Waals surface area contributed by atoms with Gasteiger partial charge in [0.25, 0.3) is 25.8 Å². The Labute approximate surface area is 613 Å². The van der Waals surface area contributed by atoms with E-state index in [2.05, 4.69) is 66.5 Å². The van der Waals surface area contributed by atoms with Crippen molar-refractivity contribution in [2.45, 2.75) is 157 Å². The molecule has 0 saturated carbocycles. The molecular formula is C76H98ClF3N10O8S4. The molecule has 0 bridgehead atoms. The highest BCUT2D eigenvalue weighted by Gasteiger charge is 2.49. The standard InChI is InChI=1S/C76H98ClF3N10O8S4/c1-52(54-17-19-56(20-18-54)69-53(2)82-51-100-69)83-72(93)67-45-62(91)49-90(67)73(94)70(74(3,4)5)81-34-13-8-9-14-35-86-37-39-87(40-38-86)36-32-60(50-99-63-15-11-10-12-16-63)84-66-30-29-64(46-68(66)101(95,96)76(78,79)80)102(97,98)85-71(92)57-23-27-61(28-24-57)89-43-41-88(42-44-89)48-58-47-75(6,7)33-31-65(58)55-21-25-59(77)26-22-55/h10-12,15-30,46,51-52,60,62,67,70,81,84,91H,8-9,13-14,31-45,47-50H2,1-7H3,(H,83,93)(H,85,92)/t52-,60?,62+,67-,70?/m0/s1. The first-order valence-electron chi connectivity index (χ1n) is 35.4. The lowest BCUT2D eigenvalue weighted by atomic mass is 9.73. The fourth-order valence-corrected chi connectivity index (χ4v) is 18.0. The predicted octanol–water partition coefficient (Wildman–Crippen LogP) is 13.0. The third-order valence-electron chi connectivity index (χ3n) is 20.0.